The molecule has 0 saturated carbocycles. The smallest absolute Gasteiger partial charge is 0.416 e. The molecule has 1 aromatic carbocycles. The van der Waals surface area contributed by atoms with Crippen LogP contribution in [0.25, 0.3) is 0 Å². The van der Waals surface area contributed by atoms with Gasteiger partial charge in [-0.2, -0.15) is 13.2 Å². The molecule has 2 N–H and O–H groups in total. The van der Waals surface area contributed by atoms with Crippen LogP contribution in [-0.2, 0) is 6.18 Å². The van der Waals surface area contributed by atoms with Crippen molar-refractivity contribution < 1.29 is 22.3 Å². The molecule has 0 spiro atoms. The van der Waals surface area contributed by atoms with Crippen LogP contribution in [0.3, 0.4) is 0 Å². The molecule has 0 aliphatic carbocycles. The van der Waals surface area contributed by atoms with Gasteiger partial charge in [0.2, 0.25) is 0 Å². The third kappa shape index (κ3) is 3.37. The molecule has 0 aliphatic heterocycles. The molecule has 0 unspecified atom stereocenters. The van der Waals surface area contributed by atoms with Crippen molar-refractivity contribution in [2.24, 2.45) is 5.73 Å². The van der Waals surface area contributed by atoms with E-state index in [4.69, 9.17) is 10.5 Å². The van der Waals surface area contributed by atoms with Crippen molar-refractivity contribution in [3.8, 4) is 5.75 Å². The molecule has 90 valence electrons. The van der Waals surface area contributed by atoms with Crippen molar-refractivity contribution >= 4 is 0 Å². The first-order valence-corrected chi connectivity index (χ1v) is 4.65. The first-order chi connectivity index (χ1) is 7.45. The Balaban J connectivity index is 2.76. The largest absolute Gasteiger partial charge is 0.490 e. The van der Waals surface area contributed by atoms with Gasteiger partial charge < -0.3 is 10.5 Å². The Morgan fingerprint density at radius 3 is 2.44 bits per heavy atom. The number of rotatable bonds is 4. The summed E-state index contributed by atoms with van der Waals surface area (Å²) in [4.78, 5) is 0. The zero-order valence-electron chi connectivity index (χ0n) is 8.35. The van der Waals surface area contributed by atoms with Crippen molar-refractivity contribution in [2.75, 3.05) is 13.2 Å². The van der Waals surface area contributed by atoms with E-state index in [1.165, 1.54) is 0 Å². The van der Waals surface area contributed by atoms with E-state index in [1.807, 2.05) is 0 Å². The molecule has 0 amide bonds. The standard InChI is InChI=1S/C10H11F4NO/c11-8-6-7(10(12,13)14)2-3-9(8)16-5-1-4-15/h2-3,6H,1,4-5,15H2. The highest BCUT2D eigenvalue weighted by atomic mass is 19.4. The van der Waals surface area contributed by atoms with E-state index < -0.39 is 17.6 Å². The fourth-order valence-electron chi connectivity index (χ4n) is 1.06. The van der Waals surface area contributed by atoms with Crippen LogP contribution in [0.1, 0.15) is 12.0 Å². The maximum atomic E-state index is 13.2. The van der Waals surface area contributed by atoms with Gasteiger partial charge in [-0.05, 0) is 31.2 Å². The quantitative estimate of drug-likeness (QED) is 0.645. The van der Waals surface area contributed by atoms with Crippen LogP contribution in [0.4, 0.5) is 17.6 Å². The van der Waals surface area contributed by atoms with Gasteiger partial charge in [-0.1, -0.05) is 0 Å². The zero-order chi connectivity index (χ0) is 12.2. The lowest BCUT2D eigenvalue weighted by atomic mass is 10.2. The molecule has 0 atom stereocenters. The van der Waals surface area contributed by atoms with Crippen molar-refractivity contribution in [1.29, 1.82) is 0 Å². The summed E-state index contributed by atoms with van der Waals surface area (Å²) < 4.78 is 54.6. The summed E-state index contributed by atoms with van der Waals surface area (Å²) in [5.41, 5.74) is 4.16. The lowest BCUT2D eigenvalue weighted by molar-refractivity contribution is -0.137. The number of benzene rings is 1. The van der Waals surface area contributed by atoms with E-state index in [1.54, 1.807) is 0 Å². The normalized spacial score (nSPS) is 11.6. The third-order valence-electron chi connectivity index (χ3n) is 1.87. The Bertz CT molecular complexity index is 351. The molecule has 16 heavy (non-hydrogen) atoms. The molecule has 0 fully saturated rings. The average Bonchev–Trinajstić information content (AvgIpc) is 2.19. The minimum atomic E-state index is -4.55. The van der Waals surface area contributed by atoms with Crippen LogP contribution in [0.15, 0.2) is 18.2 Å². The molecular weight excluding hydrogens is 226 g/mol. The van der Waals surface area contributed by atoms with Gasteiger partial charge in [0, 0.05) is 0 Å². The van der Waals surface area contributed by atoms with Gasteiger partial charge in [-0.3, -0.25) is 0 Å². The first-order valence-electron chi connectivity index (χ1n) is 4.65. The fraction of sp³-hybridized carbons (Fsp3) is 0.400. The van der Waals surface area contributed by atoms with Crippen molar-refractivity contribution in [1.82, 2.24) is 0 Å². The molecule has 1 rings (SSSR count). The lowest BCUT2D eigenvalue weighted by Gasteiger charge is -2.10. The van der Waals surface area contributed by atoms with Crippen LogP contribution in [0, 0.1) is 5.82 Å². The van der Waals surface area contributed by atoms with E-state index in [-0.39, 0.29) is 12.4 Å². The van der Waals surface area contributed by atoms with Gasteiger partial charge in [0.25, 0.3) is 0 Å². The van der Waals surface area contributed by atoms with Gasteiger partial charge in [0.1, 0.15) is 0 Å². The Hall–Kier alpha value is -1.30. The van der Waals surface area contributed by atoms with E-state index >= 15 is 0 Å². The number of halogens is 4. The Morgan fingerprint density at radius 1 is 1.25 bits per heavy atom. The van der Waals surface area contributed by atoms with Crippen LogP contribution in [0.2, 0.25) is 0 Å². The lowest BCUT2D eigenvalue weighted by Crippen LogP contribution is -2.08. The summed E-state index contributed by atoms with van der Waals surface area (Å²) in [7, 11) is 0. The van der Waals surface area contributed by atoms with Gasteiger partial charge in [0.15, 0.2) is 11.6 Å². The molecule has 0 heterocycles. The van der Waals surface area contributed by atoms with Crippen LogP contribution >= 0.6 is 0 Å². The molecule has 1 aromatic rings. The summed E-state index contributed by atoms with van der Waals surface area (Å²) in [5.74, 6) is -1.21. The van der Waals surface area contributed by atoms with Crippen LogP contribution < -0.4 is 10.5 Å². The second kappa shape index (κ2) is 5.16. The summed E-state index contributed by atoms with van der Waals surface area (Å²) in [6, 6.07) is 2.16. The highest BCUT2D eigenvalue weighted by molar-refractivity contribution is 5.30. The molecular formula is C10H11F4NO. The summed E-state index contributed by atoms with van der Waals surface area (Å²) >= 11 is 0. The number of hydrogen-bond acceptors (Lipinski definition) is 2. The fourth-order valence-corrected chi connectivity index (χ4v) is 1.06. The predicted octanol–water partition coefficient (Wildman–Crippen LogP) is 2.57. The van der Waals surface area contributed by atoms with Crippen LogP contribution in [0.5, 0.6) is 5.75 Å². The van der Waals surface area contributed by atoms with Crippen molar-refractivity contribution in [2.45, 2.75) is 12.6 Å². The average molecular weight is 237 g/mol. The maximum absolute atomic E-state index is 13.2. The maximum Gasteiger partial charge on any atom is 0.416 e. The van der Waals surface area contributed by atoms with Crippen molar-refractivity contribution in [3.63, 3.8) is 0 Å². The topological polar surface area (TPSA) is 35.2 Å². The van der Waals surface area contributed by atoms with Crippen molar-refractivity contribution in [3.05, 3.63) is 29.6 Å². The third-order valence-corrected chi connectivity index (χ3v) is 1.87. The Morgan fingerprint density at radius 2 is 1.94 bits per heavy atom. The SMILES string of the molecule is NCCCOc1ccc(C(F)(F)F)cc1F. The molecule has 2 nitrogen and oxygen atoms in total. The minimum absolute atomic E-state index is 0.179. The highest BCUT2D eigenvalue weighted by Crippen LogP contribution is 2.31. The van der Waals surface area contributed by atoms with E-state index in [9.17, 15) is 17.6 Å². The molecule has 0 saturated heterocycles. The highest BCUT2D eigenvalue weighted by Gasteiger charge is 2.31. The summed E-state index contributed by atoms with van der Waals surface area (Å²) in [6.45, 7) is 0.557. The Kier molecular flexibility index (Phi) is 4.12. The van der Waals surface area contributed by atoms with Gasteiger partial charge in [-0.25, -0.2) is 4.39 Å². The molecule has 0 radical (unpaired) electrons. The monoisotopic (exact) mass is 237 g/mol. The van der Waals surface area contributed by atoms with Gasteiger partial charge in [-0.15, -0.1) is 0 Å². The molecule has 0 bridgehead atoms. The van der Waals surface area contributed by atoms with E-state index in [0.29, 0.717) is 19.0 Å². The molecule has 0 aliphatic rings. The number of hydrogen-bond donors (Lipinski definition) is 1. The van der Waals surface area contributed by atoms with E-state index in [2.05, 4.69) is 0 Å². The van der Waals surface area contributed by atoms with Gasteiger partial charge in [0.05, 0.1) is 12.2 Å². The predicted molar refractivity (Wildman–Crippen MR) is 50.6 cm³/mol. The number of ether oxygens (including phenoxy) is 1. The van der Waals surface area contributed by atoms with E-state index in [0.717, 1.165) is 12.1 Å². The second-order valence-corrected chi connectivity index (χ2v) is 3.13. The minimum Gasteiger partial charge on any atom is -0.490 e. The first kappa shape index (κ1) is 12.8. The molecule has 6 heteroatoms. The zero-order valence-corrected chi connectivity index (χ0v) is 8.35. The molecule has 0 aromatic heterocycles. The second-order valence-electron chi connectivity index (χ2n) is 3.13. The summed E-state index contributed by atoms with van der Waals surface area (Å²) in [5, 5.41) is 0. The van der Waals surface area contributed by atoms with Gasteiger partial charge >= 0.3 is 6.18 Å². The van der Waals surface area contributed by atoms with Crippen LogP contribution in [-0.4, -0.2) is 13.2 Å². The number of alkyl halides is 3. The Labute approximate surface area is 90.0 Å². The number of nitrogens with two attached hydrogens (primary N) is 1. The summed E-state index contributed by atoms with van der Waals surface area (Å²) in [6.07, 6.45) is -4.03.